The van der Waals surface area contributed by atoms with Gasteiger partial charge in [0, 0.05) is 18.8 Å². The third kappa shape index (κ3) is 2.24. The number of aromatic nitrogens is 2. The molecule has 1 fully saturated rings. The lowest BCUT2D eigenvalue weighted by molar-refractivity contribution is -0.117. The molecule has 0 saturated carbocycles. The van der Waals surface area contributed by atoms with Gasteiger partial charge in [-0.15, -0.1) is 11.6 Å². The van der Waals surface area contributed by atoms with Gasteiger partial charge in [0.25, 0.3) is 0 Å². The molecule has 1 amide bonds. The topological polar surface area (TPSA) is 46.1 Å². The maximum atomic E-state index is 11.7. The van der Waals surface area contributed by atoms with Gasteiger partial charge in [0.05, 0.1) is 11.9 Å². The Labute approximate surface area is 108 Å². The summed E-state index contributed by atoms with van der Waals surface area (Å²) in [5.74, 6) is 0.591. The van der Waals surface area contributed by atoms with E-state index in [4.69, 9.17) is 34.8 Å². The van der Waals surface area contributed by atoms with Crippen molar-refractivity contribution in [2.24, 2.45) is 5.92 Å². The average molecular weight is 281 g/mol. The standard InChI is InChI=1S/C9H8Cl3N3O/c10-2-5-1-7(16)15(4-5)6-3-13-9(12)14-8(6)11/h3,5H,1-2,4H2. The van der Waals surface area contributed by atoms with E-state index in [-0.39, 0.29) is 22.3 Å². The minimum absolute atomic E-state index is 0.0153. The third-order valence-corrected chi connectivity index (χ3v) is 3.31. The Morgan fingerprint density at radius 2 is 2.25 bits per heavy atom. The molecule has 1 aromatic heterocycles. The minimum Gasteiger partial charge on any atom is -0.308 e. The normalized spacial score (nSPS) is 20.6. The Balaban J connectivity index is 2.28. The molecule has 7 heteroatoms. The maximum Gasteiger partial charge on any atom is 0.227 e. The first-order valence-corrected chi connectivity index (χ1v) is 5.95. The first-order valence-electron chi connectivity index (χ1n) is 4.66. The van der Waals surface area contributed by atoms with E-state index >= 15 is 0 Å². The smallest absolute Gasteiger partial charge is 0.227 e. The molecule has 1 saturated heterocycles. The fourth-order valence-corrected chi connectivity index (χ4v) is 2.25. The second kappa shape index (κ2) is 4.73. The quantitative estimate of drug-likeness (QED) is 0.475. The molecule has 0 spiro atoms. The second-order valence-electron chi connectivity index (χ2n) is 3.54. The highest BCUT2D eigenvalue weighted by Crippen LogP contribution is 2.30. The van der Waals surface area contributed by atoms with E-state index in [1.807, 2.05) is 0 Å². The zero-order valence-electron chi connectivity index (χ0n) is 8.16. The van der Waals surface area contributed by atoms with Crippen LogP contribution in [0.25, 0.3) is 0 Å². The zero-order chi connectivity index (χ0) is 11.7. The van der Waals surface area contributed by atoms with E-state index in [2.05, 4.69) is 9.97 Å². The fourth-order valence-electron chi connectivity index (χ4n) is 1.63. The summed E-state index contributed by atoms with van der Waals surface area (Å²) in [7, 11) is 0. The van der Waals surface area contributed by atoms with Crippen LogP contribution in [0.2, 0.25) is 10.4 Å². The molecule has 2 heterocycles. The first-order chi connectivity index (χ1) is 7.61. The number of amides is 1. The highest BCUT2D eigenvalue weighted by molar-refractivity contribution is 6.34. The van der Waals surface area contributed by atoms with Crippen LogP contribution in [-0.2, 0) is 4.79 Å². The van der Waals surface area contributed by atoms with Crippen molar-refractivity contribution in [2.45, 2.75) is 6.42 Å². The van der Waals surface area contributed by atoms with Gasteiger partial charge < -0.3 is 4.90 Å². The Morgan fingerprint density at radius 3 is 2.81 bits per heavy atom. The number of nitrogens with zero attached hydrogens (tertiary/aromatic N) is 3. The van der Waals surface area contributed by atoms with E-state index in [0.29, 0.717) is 24.5 Å². The van der Waals surface area contributed by atoms with Crippen molar-refractivity contribution >= 4 is 46.4 Å². The van der Waals surface area contributed by atoms with Gasteiger partial charge >= 0.3 is 0 Å². The molecule has 1 unspecified atom stereocenters. The summed E-state index contributed by atoms with van der Waals surface area (Å²) in [6, 6.07) is 0. The number of halogens is 3. The molecule has 2 rings (SSSR count). The summed E-state index contributed by atoms with van der Waals surface area (Å²) < 4.78 is 0. The van der Waals surface area contributed by atoms with Crippen LogP contribution in [0.4, 0.5) is 5.69 Å². The van der Waals surface area contributed by atoms with Crippen LogP contribution in [0, 0.1) is 5.92 Å². The largest absolute Gasteiger partial charge is 0.308 e. The number of carbonyl (C=O) groups is 1. The lowest BCUT2D eigenvalue weighted by atomic mass is 10.1. The Kier molecular flexibility index (Phi) is 3.52. The minimum atomic E-state index is -0.0153. The Morgan fingerprint density at radius 1 is 1.50 bits per heavy atom. The van der Waals surface area contributed by atoms with E-state index in [1.165, 1.54) is 6.20 Å². The maximum absolute atomic E-state index is 11.7. The summed E-state index contributed by atoms with van der Waals surface area (Å²) in [5.41, 5.74) is 0.490. The van der Waals surface area contributed by atoms with Crippen molar-refractivity contribution in [3.63, 3.8) is 0 Å². The van der Waals surface area contributed by atoms with Crippen LogP contribution in [0.1, 0.15) is 6.42 Å². The van der Waals surface area contributed by atoms with Crippen LogP contribution in [0.3, 0.4) is 0 Å². The number of hydrogen-bond acceptors (Lipinski definition) is 3. The van der Waals surface area contributed by atoms with Gasteiger partial charge in [-0.3, -0.25) is 4.79 Å². The molecule has 1 aromatic rings. The fraction of sp³-hybridized carbons (Fsp3) is 0.444. The van der Waals surface area contributed by atoms with E-state index in [1.54, 1.807) is 4.90 Å². The van der Waals surface area contributed by atoms with Crippen molar-refractivity contribution in [2.75, 3.05) is 17.3 Å². The summed E-state index contributed by atoms with van der Waals surface area (Å²) in [6.07, 6.45) is 1.88. The van der Waals surface area contributed by atoms with Crippen molar-refractivity contribution in [1.29, 1.82) is 0 Å². The SMILES string of the molecule is O=C1CC(CCl)CN1c1cnc(Cl)nc1Cl. The van der Waals surface area contributed by atoms with Gasteiger partial charge in [-0.25, -0.2) is 9.97 Å². The van der Waals surface area contributed by atoms with E-state index < -0.39 is 0 Å². The van der Waals surface area contributed by atoms with Crippen LogP contribution in [-0.4, -0.2) is 28.3 Å². The Bertz CT molecular complexity index is 426. The highest BCUT2D eigenvalue weighted by Gasteiger charge is 2.31. The third-order valence-electron chi connectivity index (χ3n) is 2.41. The molecule has 86 valence electrons. The van der Waals surface area contributed by atoms with Crippen molar-refractivity contribution in [3.05, 3.63) is 16.6 Å². The predicted octanol–water partition coefficient (Wildman–Crippen LogP) is 2.38. The molecule has 0 radical (unpaired) electrons. The molecule has 1 atom stereocenters. The van der Waals surface area contributed by atoms with E-state index in [9.17, 15) is 4.79 Å². The molecule has 0 aromatic carbocycles. The molecule has 0 N–H and O–H groups in total. The number of anilines is 1. The van der Waals surface area contributed by atoms with Crippen LogP contribution < -0.4 is 4.90 Å². The van der Waals surface area contributed by atoms with Gasteiger partial charge in [0.15, 0.2) is 5.15 Å². The predicted molar refractivity (Wildman–Crippen MR) is 63.2 cm³/mol. The zero-order valence-corrected chi connectivity index (χ0v) is 10.4. The van der Waals surface area contributed by atoms with Crippen LogP contribution in [0.5, 0.6) is 0 Å². The number of alkyl halides is 1. The molecule has 16 heavy (non-hydrogen) atoms. The second-order valence-corrected chi connectivity index (χ2v) is 4.55. The summed E-state index contributed by atoms with van der Waals surface area (Å²) in [6.45, 7) is 0.549. The van der Waals surface area contributed by atoms with Gasteiger partial charge in [0.1, 0.15) is 0 Å². The Hall–Kier alpha value is -0.580. The summed E-state index contributed by atoms with van der Waals surface area (Å²) in [5, 5.41) is 0.248. The molecule has 1 aliphatic heterocycles. The van der Waals surface area contributed by atoms with E-state index in [0.717, 1.165) is 0 Å². The number of hydrogen-bond donors (Lipinski definition) is 0. The number of carbonyl (C=O) groups excluding carboxylic acids is 1. The van der Waals surface area contributed by atoms with Crippen LogP contribution >= 0.6 is 34.8 Å². The number of rotatable bonds is 2. The molecular weight excluding hydrogens is 272 g/mol. The first kappa shape index (κ1) is 11.9. The van der Waals surface area contributed by atoms with Crippen LogP contribution in [0.15, 0.2) is 6.20 Å². The molecule has 0 aliphatic carbocycles. The van der Waals surface area contributed by atoms with Crippen molar-refractivity contribution in [3.8, 4) is 0 Å². The molecular formula is C9H8Cl3N3O. The highest BCUT2D eigenvalue weighted by atomic mass is 35.5. The lowest BCUT2D eigenvalue weighted by Crippen LogP contribution is -2.25. The monoisotopic (exact) mass is 279 g/mol. The molecule has 0 bridgehead atoms. The summed E-state index contributed by atoms with van der Waals surface area (Å²) >= 11 is 17.2. The van der Waals surface area contributed by atoms with Gasteiger partial charge in [-0.1, -0.05) is 11.6 Å². The van der Waals surface area contributed by atoms with Crippen molar-refractivity contribution < 1.29 is 4.79 Å². The van der Waals surface area contributed by atoms with Gasteiger partial charge in [-0.05, 0) is 17.5 Å². The lowest BCUT2D eigenvalue weighted by Gasteiger charge is -2.16. The van der Waals surface area contributed by atoms with Gasteiger partial charge in [0.2, 0.25) is 11.2 Å². The molecule has 1 aliphatic rings. The van der Waals surface area contributed by atoms with Gasteiger partial charge in [-0.2, -0.15) is 0 Å². The van der Waals surface area contributed by atoms with Crippen molar-refractivity contribution in [1.82, 2.24) is 9.97 Å². The summed E-state index contributed by atoms with van der Waals surface area (Å²) in [4.78, 5) is 20.9. The molecule has 4 nitrogen and oxygen atoms in total. The average Bonchev–Trinajstić information content (AvgIpc) is 2.60.